The zero-order valence-electron chi connectivity index (χ0n) is 12.0. The molecule has 20 heavy (non-hydrogen) atoms. The zero-order chi connectivity index (χ0) is 14.4. The summed E-state index contributed by atoms with van der Waals surface area (Å²) in [7, 11) is 1.91. The van der Waals surface area contributed by atoms with Gasteiger partial charge in [-0.2, -0.15) is 0 Å². The van der Waals surface area contributed by atoms with Crippen molar-refractivity contribution in [2.45, 2.75) is 13.0 Å². The number of phenols is 1. The first-order valence-electron chi connectivity index (χ1n) is 6.83. The molecule has 2 aromatic rings. The molecule has 3 nitrogen and oxygen atoms in total. The molecule has 0 aromatic heterocycles. The van der Waals surface area contributed by atoms with Gasteiger partial charge in [0.2, 0.25) is 0 Å². The van der Waals surface area contributed by atoms with Crippen molar-refractivity contribution >= 4 is 0 Å². The summed E-state index contributed by atoms with van der Waals surface area (Å²) < 4.78 is 6.03. The highest BCUT2D eigenvalue weighted by molar-refractivity contribution is 5.37. The van der Waals surface area contributed by atoms with Crippen LogP contribution in [0.2, 0.25) is 0 Å². The van der Waals surface area contributed by atoms with E-state index >= 15 is 0 Å². The highest BCUT2D eigenvalue weighted by Gasteiger charge is 2.16. The number of nitrogens with one attached hydrogen (secondary N) is 1. The third kappa shape index (κ3) is 3.59. The molecule has 0 amide bonds. The predicted octanol–water partition coefficient (Wildman–Crippen LogP) is 3.03. The molecule has 0 aliphatic heterocycles. The Labute approximate surface area is 120 Å². The van der Waals surface area contributed by atoms with E-state index in [1.165, 1.54) is 5.56 Å². The van der Waals surface area contributed by atoms with E-state index < -0.39 is 0 Å². The van der Waals surface area contributed by atoms with E-state index in [4.69, 9.17) is 4.74 Å². The molecule has 0 spiro atoms. The first kappa shape index (κ1) is 14.6. The van der Waals surface area contributed by atoms with Crippen molar-refractivity contribution in [1.29, 1.82) is 0 Å². The second kappa shape index (κ2) is 7.08. The maximum atomic E-state index is 9.43. The van der Waals surface area contributed by atoms with E-state index in [0.29, 0.717) is 6.61 Å². The van der Waals surface area contributed by atoms with Gasteiger partial charge in [0.1, 0.15) is 11.9 Å². The Kier molecular flexibility index (Phi) is 5.16. The number of aromatic hydroxyl groups is 1. The molecule has 0 saturated carbocycles. The average molecular weight is 271 g/mol. The van der Waals surface area contributed by atoms with Gasteiger partial charge in [0, 0.05) is 6.54 Å². The van der Waals surface area contributed by atoms with Gasteiger partial charge in [-0.05, 0) is 42.8 Å². The standard InChI is InChI=1S/C17H21NO2/c1-13-5-3-4-6-16(13)17(20-12-11-18-2)14-7-9-15(19)10-8-14/h3-10,17-19H,11-12H2,1-2H3. The monoisotopic (exact) mass is 271 g/mol. The molecule has 106 valence electrons. The molecule has 0 aliphatic rings. The minimum Gasteiger partial charge on any atom is -0.508 e. The van der Waals surface area contributed by atoms with Gasteiger partial charge in [-0.15, -0.1) is 0 Å². The SMILES string of the molecule is CNCCOC(c1ccc(O)cc1)c1ccccc1C. The van der Waals surface area contributed by atoms with Crippen molar-refractivity contribution in [3.05, 3.63) is 65.2 Å². The van der Waals surface area contributed by atoms with Crippen LogP contribution in [0.15, 0.2) is 48.5 Å². The van der Waals surface area contributed by atoms with Crippen LogP contribution in [-0.2, 0) is 4.74 Å². The first-order valence-corrected chi connectivity index (χ1v) is 6.83. The maximum absolute atomic E-state index is 9.43. The van der Waals surface area contributed by atoms with Crippen molar-refractivity contribution < 1.29 is 9.84 Å². The number of phenolic OH excluding ortho intramolecular Hbond substituents is 1. The molecule has 0 radical (unpaired) electrons. The van der Waals surface area contributed by atoms with Gasteiger partial charge in [-0.25, -0.2) is 0 Å². The normalized spacial score (nSPS) is 12.3. The first-order chi connectivity index (χ1) is 9.72. The van der Waals surface area contributed by atoms with Crippen LogP contribution < -0.4 is 5.32 Å². The number of rotatable bonds is 6. The van der Waals surface area contributed by atoms with E-state index in [2.05, 4.69) is 24.4 Å². The summed E-state index contributed by atoms with van der Waals surface area (Å²) in [6.07, 6.45) is -0.106. The van der Waals surface area contributed by atoms with Crippen molar-refractivity contribution in [3.63, 3.8) is 0 Å². The lowest BCUT2D eigenvalue weighted by Crippen LogP contribution is -2.17. The van der Waals surface area contributed by atoms with Crippen LogP contribution in [0.25, 0.3) is 0 Å². The molecular weight excluding hydrogens is 250 g/mol. The summed E-state index contributed by atoms with van der Waals surface area (Å²) in [5.74, 6) is 0.271. The quantitative estimate of drug-likeness (QED) is 0.794. The van der Waals surface area contributed by atoms with Crippen LogP contribution in [0.4, 0.5) is 0 Å². The second-order valence-corrected chi connectivity index (χ2v) is 4.80. The Morgan fingerprint density at radius 3 is 2.45 bits per heavy atom. The molecule has 1 unspecified atom stereocenters. The number of ether oxygens (including phenoxy) is 1. The van der Waals surface area contributed by atoms with E-state index in [-0.39, 0.29) is 11.9 Å². The van der Waals surface area contributed by atoms with Crippen molar-refractivity contribution in [1.82, 2.24) is 5.32 Å². The molecule has 0 fully saturated rings. The maximum Gasteiger partial charge on any atom is 0.115 e. The van der Waals surface area contributed by atoms with Crippen molar-refractivity contribution in [2.24, 2.45) is 0 Å². The Balaban J connectivity index is 2.29. The number of likely N-dealkylation sites (N-methyl/N-ethyl adjacent to an activating group) is 1. The van der Waals surface area contributed by atoms with Gasteiger partial charge < -0.3 is 15.2 Å². The predicted molar refractivity (Wildman–Crippen MR) is 81.0 cm³/mol. The van der Waals surface area contributed by atoms with E-state index in [1.807, 2.05) is 31.3 Å². The molecule has 2 rings (SSSR count). The van der Waals surface area contributed by atoms with Crippen LogP contribution in [0.1, 0.15) is 22.8 Å². The number of hydrogen-bond donors (Lipinski definition) is 2. The number of aryl methyl sites for hydroxylation is 1. The summed E-state index contributed by atoms with van der Waals surface area (Å²) in [4.78, 5) is 0. The molecular formula is C17H21NO2. The Bertz CT molecular complexity index is 537. The second-order valence-electron chi connectivity index (χ2n) is 4.80. The fourth-order valence-corrected chi connectivity index (χ4v) is 2.17. The minimum absolute atomic E-state index is 0.106. The Morgan fingerprint density at radius 2 is 1.80 bits per heavy atom. The molecule has 3 heteroatoms. The Hall–Kier alpha value is -1.84. The number of benzene rings is 2. The molecule has 0 saturated heterocycles. The van der Waals surface area contributed by atoms with E-state index in [0.717, 1.165) is 17.7 Å². The fraction of sp³-hybridized carbons (Fsp3) is 0.294. The smallest absolute Gasteiger partial charge is 0.115 e. The highest BCUT2D eigenvalue weighted by Crippen LogP contribution is 2.29. The molecule has 0 aliphatic carbocycles. The molecule has 0 bridgehead atoms. The third-order valence-corrected chi connectivity index (χ3v) is 3.30. The lowest BCUT2D eigenvalue weighted by atomic mass is 9.97. The lowest BCUT2D eigenvalue weighted by Gasteiger charge is -2.21. The molecule has 0 heterocycles. The third-order valence-electron chi connectivity index (χ3n) is 3.30. The van der Waals surface area contributed by atoms with E-state index in [1.54, 1.807) is 12.1 Å². The van der Waals surface area contributed by atoms with Gasteiger partial charge in [0.15, 0.2) is 0 Å². The minimum atomic E-state index is -0.106. The highest BCUT2D eigenvalue weighted by atomic mass is 16.5. The van der Waals surface area contributed by atoms with Crippen LogP contribution in [0.3, 0.4) is 0 Å². The van der Waals surface area contributed by atoms with Gasteiger partial charge in [0.05, 0.1) is 6.61 Å². The van der Waals surface area contributed by atoms with Crippen LogP contribution in [0.5, 0.6) is 5.75 Å². The van der Waals surface area contributed by atoms with Crippen molar-refractivity contribution in [2.75, 3.05) is 20.2 Å². The van der Waals surface area contributed by atoms with E-state index in [9.17, 15) is 5.11 Å². The number of hydrogen-bond acceptors (Lipinski definition) is 3. The van der Waals surface area contributed by atoms with Gasteiger partial charge in [-0.3, -0.25) is 0 Å². The molecule has 1 atom stereocenters. The van der Waals surface area contributed by atoms with Crippen molar-refractivity contribution in [3.8, 4) is 5.75 Å². The molecule has 2 N–H and O–H groups in total. The zero-order valence-corrected chi connectivity index (χ0v) is 12.0. The largest absolute Gasteiger partial charge is 0.508 e. The van der Waals surface area contributed by atoms with Crippen LogP contribution >= 0.6 is 0 Å². The van der Waals surface area contributed by atoms with Gasteiger partial charge >= 0.3 is 0 Å². The topological polar surface area (TPSA) is 41.5 Å². The van der Waals surface area contributed by atoms with Gasteiger partial charge in [0.25, 0.3) is 0 Å². The average Bonchev–Trinajstić information content (AvgIpc) is 2.46. The van der Waals surface area contributed by atoms with Gasteiger partial charge in [-0.1, -0.05) is 36.4 Å². The fourth-order valence-electron chi connectivity index (χ4n) is 2.17. The summed E-state index contributed by atoms with van der Waals surface area (Å²) in [5.41, 5.74) is 3.41. The summed E-state index contributed by atoms with van der Waals surface area (Å²) in [5, 5.41) is 12.5. The lowest BCUT2D eigenvalue weighted by molar-refractivity contribution is 0.0826. The van der Waals surface area contributed by atoms with Crippen LogP contribution in [-0.4, -0.2) is 25.3 Å². The summed E-state index contributed by atoms with van der Waals surface area (Å²) in [6, 6.07) is 15.4. The summed E-state index contributed by atoms with van der Waals surface area (Å²) in [6.45, 7) is 3.53. The molecule has 2 aromatic carbocycles. The summed E-state index contributed by atoms with van der Waals surface area (Å²) >= 11 is 0. The van der Waals surface area contributed by atoms with Crippen LogP contribution in [0, 0.1) is 6.92 Å². The Morgan fingerprint density at radius 1 is 1.10 bits per heavy atom.